The maximum atomic E-state index is 6.09. The Balaban J connectivity index is 2.13. The third kappa shape index (κ3) is 1.25. The molecule has 0 radical (unpaired) electrons. The van der Waals surface area contributed by atoms with Crippen molar-refractivity contribution in [1.82, 2.24) is 24.3 Å². The molecular formula is C12H8ClN5. The Morgan fingerprint density at radius 3 is 3.11 bits per heavy atom. The third-order valence-corrected chi connectivity index (χ3v) is 3.36. The zero-order valence-electron chi connectivity index (χ0n) is 9.29. The van der Waals surface area contributed by atoms with Gasteiger partial charge in [-0.2, -0.15) is 0 Å². The average molecular weight is 258 g/mol. The van der Waals surface area contributed by atoms with E-state index in [1.807, 2.05) is 33.5 Å². The van der Waals surface area contributed by atoms with Crippen LogP contribution in [0, 0.1) is 0 Å². The molecule has 5 nitrogen and oxygen atoms in total. The molecule has 6 heteroatoms. The number of benzene rings is 1. The van der Waals surface area contributed by atoms with E-state index in [1.165, 1.54) is 0 Å². The molecule has 0 amide bonds. The normalized spacial score (nSPS) is 12.5. The molecule has 0 saturated carbocycles. The fourth-order valence-electron chi connectivity index (χ4n) is 2.30. The number of hydrogen-bond acceptors (Lipinski definition) is 3. The minimum absolute atomic E-state index is 0.696. The van der Waals surface area contributed by atoms with E-state index in [1.54, 1.807) is 12.7 Å². The highest BCUT2D eigenvalue weighted by Gasteiger charge is 2.20. The number of nitrogens with zero attached hydrogens (tertiary/aromatic N) is 5. The van der Waals surface area contributed by atoms with Gasteiger partial charge in [-0.15, -0.1) is 10.2 Å². The smallest absolute Gasteiger partial charge is 0.166 e. The lowest BCUT2D eigenvalue weighted by Crippen LogP contribution is -2.01. The van der Waals surface area contributed by atoms with Crippen LogP contribution in [0.25, 0.3) is 17.1 Å². The highest BCUT2D eigenvalue weighted by molar-refractivity contribution is 6.30. The molecule has 1 aliphatic rings. The Hall–Kier alpha value is -2.14. The Morgan fingerprint density at radius 1 is 1.22 bits per heavy atom. The van der Waals surface area contributed by atoms with Crippen LogP contribution >= 0.6 is 11.6 Å². The number of imidazole rings is 1. The van der Waals surface area contributed by atoms with Gasteiger partial charge >= 0.3 is 0 Å². The van der Waals surface area contributed by atoms with Crippen molar-refractivity contribution in [3.8, 4) is 17.1 Å². The van der Waals surface area contributed by atoms with Crippen LogP contribution in [-0.4, -0.2) is 24.3 Å². The summed E-state index contributed by atoms with van der Waals surface area (Å²) in [5.74, 6) is 0.852. The monoisotopic (exact) mass is 257 g/mol. The molecular weight excluding hydrogens is 250 g/mol. The summed E-state index contributed by atoms with van der Waals surface area (Å²) in [6.45, 7) is 0.703. The summed E-state index contributed by atoms with van der Waals surface area (Å²) in [7, 11) is 0. The van der Waals surface area contributed by atoms with Gasteiger partial charge in [-0.3, -0.25) is 0 Å². The number of aromatic nitrogens is 5. The Morgan fingerprint density at radius 2 is 2.17 bits per heavy atom. The van der Waals surface area contributed by atoms with Gasteiger partial charge in [0.05, 0.1) is 30.5 Å². The lowest BCUT2D eigenvalue weighted by atomic mass is 10.1. The molecule has 4 rings (SSSR count). The fourth-order valence-corrected chi connectivity index (χ4v) is 2.47. The topological polar surface area (TPSA) is 48.5 Å². The van der Waals surface area contributed by atoms with Gasteiger partial charge in [0.2, 0.25) is 0 Å². The molecule has 0 N–H and O–H groups in total. The van der Waals surface area contributed by atoms with Crippen LogP contribution in [0.2, 0.25) is 5.02 Å². The molecule has 0 saturated heterocycles. The molecule has 18 heavy (non-hydrogen) atoms. The van der Waals surface area contributed by atoms with Crippen molar-refractivity contribution in [2.24, 2.45) is 0 Å². The van der Waals surface area contributed by atoms with Gasteiger partial charge in [-0.1, -0.05) is 11.6 Å². The van der Waals surface area contributed by atoms with E-state index in [0.717, 1.165) is 22.8 Å². The van der Waals surface area contributed by atoms with Crippen LogP contribution in [0.15, 0.2) is 37.1 Å². The summed E-state index contributed by atoms with van der Waals surface area (Å²) in [5, 5.41) is 8.86. The van der Waals surface area contributed by atoms with Crippen LogP contribution in [-0.2, 0) is 6.54 Å². The third-order valence-electron chi connectivity index (χ3n) is 3.12. The lowest BCUT2D eigenvalue weighted by molar-refractivity contribution is 0.772. The molecule has 1 aromatic carbocycles. The first-order valence-corrected chi connectivity index (χ1v) is 5.90. The van der Waals surface area contributed by atoms with Crippen molar-refractivity contribution in [1.29, 1.82) is 0 Å². The van der Waals surface area contributed by atoms with Crippen LogP contribution in [0.1, 0.15) is 5.69 Å². The minimum atomic E-state index is 0.696. The summed E-state index contributed by atoms with van der Waals surface area (Å²) in [6.07, 6.45) is 5.38. The van der Waals surface area contributed by atoms with Crippen LogP contribution in [0.5, 0.6) is 0 Å². The summed E-state index contributed by atoms with van der Waals surface area (Å²) >= 11 is 6.09. The predicted molar refractivity (Wildman–Crippen MR) is 66.7 cm³/mol. The number of rotatable bonds is 0. The zero-order valence-corrected chi connectivity index (χ0v) is 10.0. The fraction of sp³-hybridized carbons (Fsp3) is 0.0833. The molecule has 0 atom stereocenters. The zero-order chi connectivity index (χ0) is 12.1. The van der Waals surface area contributed by atoms with E-state index in [9.17, 15) is 0 Å². The number of fused-ring (bicyclic) bond motifs is 5. The largest absolute Gasteiger partial charge is 0.307 e. The second-order valence-electron chi connectivity index (χ2n) is 4.20. The molecule has 1 aliphatic heterocycles. The summed E-state index contributed by atoms with van der Waals surface area (Å²) < 4.78 is 4.04. The quantitative estimate of drug-likeness (QED) is 0.485. The molecule has 0 unspecified atom stereocenters. The second-order valence-corrected chi connectivity index (χ2v) is 4.64. The summed E-state index contributed by atoms with van der Waals surface area (Å²) in [4.78, 5) is 4.20. The van der Waals surface area contributed by atoms with Crippen LogP contribution in [0.4, 0.5) is 0 Å². The number of hydrogen-bond donors (Lipinski definition) is 0. The minimum Gasteiger partial charge on any atom is -0.307 e. The van der Waals surface area contributed by atoms with Gasteiger partial charge in [0.25, 0.3) is 0 Å². The Labute approximate surface area is 108 Å². The van der Waals surface area contributed by atoms with E-state index in [4.69, 9.17) is 11.6 Å². The molecule has 3 heterocycles. The molecule has 0 bridgehead atoms. The molecule has 88 valence electrons. The van der Waals surface area contributed by atoms with Gasteiger partial charge < -0.3 is 9.13 Å². The van der Waals surface area contributed by atoms with Gasteiger partial charge in [0.15, 0.2) is 5.82 Å². The number of halogens is 1. The van der Waals surface area contributed by atoms with E-state index >= 15 is 0 Å². The van der Waals surface area contributed by atoms with E-state index in [-0.39, 0.29) is 0 Å². The maximum absolute atomic E-state index is 6.09. The highest BCUT2D eigenvalue weighted by atomic mass is 35.5. The van der Waals surface area contributed by atoms with Gasteiger partial charge in [0.1, 0.15) is 6.33 Å². The average Bonchev–Trinajstić information content (AvgIpc) is 2.97. The first kappa shape index (κ1) is 9.85. The standard InChI is InChI=1S/C12H8ClN5/c13-8-1-2-10-11(3-8)18-6-14-4-9(18)5-17-7-15-16-12(10)17/h1-4,6-7H,5H2. The molecule has 2 aromatic heterocycles. The van der Waals surface area contributed by atoms with Crippen molar-refractivity contribution in [2.45, 2.75) is 6.54 Å². The Bertz CT molecular complexity index is 743. The van der Waals surface area contributed by atoms with E-state index < -0.39 is 0 Å². The maximum Gasteiger partial charge on any atom is 0.166 e. The first-order chi connectivity index (χ1) is 8.83. The van der Waals surface area contributed by atoms with Crippen molar-refractivity contribution >= 4 is 11.6 Å². The predicted octanol–water partition coefficient (Wildman–Crippen LogP) is 2.15. The van der Waals surface area contributed by atoms with Crippen LogP contribution < -0.4 is 0 Å². The van der Waals surface area contributed by atoms with Gasteiger partial charge in [0, 0.05) is 10.6 Å². The van der Waals surface area contributed by atoms with Gasteiger partial charge in [-0.05, 0) is 18.2 Å². The lowest BCUT2D eigenvalue weighted by Gasteiger charge is -2.08. The van der Waals surface area contributed by atoms with Crippen molar-refractivity contribution < 1.29 is 0 Å². The first-order valence-electron chi connectivity index (χ1n) is 5.52. The van der Waals surface area contributed by atoms with Crippen LogP contribution in [0.3, 0.4) is 0 Å². The van der Waals surface area contributed by atoms with Crippen molar-refractivity contribution in [2.75, 3.05) is 0 Å². The highest BCUT2D eigenvalue weighted by Crippen LogP contribution is 2.31. The Kier molecular flexibility index (Phi) is 1.87. The molecule has 0 fully saturated rings. The van der Waals surface area contributed by atoms with E-state index in [0.29, 0.717) is 11.6 Å². The molecule has 3 aromatic rings. The van der Waals surface area contributed by atoms with Gasteiger partial charge in [-0.25, -0.2) is 4.98 Å². The second kappa shape index (κ2) is 3.43. The van der Waals surface area contributed by atoms with Crippen molar-refractivity contribution in [3.63, 3.8) is 0 Å². The summed E-state index contributed by atoms with van der Waals surface area (Å²) in [6, 6.07) is 5.75. The van der Waals surface area contributed by atoms with E-state index in [2.05, 4.69) is 15.2 Å². The summed E-state index contributed by atoms with van der Waals surface area (Å²) in [5.41, 5.74) is 3.08. The SMILES string of the molecule is Clc1ccc2c(c1)-n1cncc1Cn1cnnc1-2. The molecule has 0 spiro atoms. The van der Waals surface area contributed by atoms with Crippen molar-refractivity contribution in [3.05, 3.63) is 47.8 Å². The molecule has 0 aliphatic carbocycles.